The monoisotopic (exact) mass is 553 g/mol. The minimum absolute atomic E-state index is 0.0341. The third kappa shape index (κ3) is 5.44. The molecule has 2 aliphatic carbocycles. The van der Waals surface area contributed by atoms with Gasteiger partial charge in [0.25, 0.3) is 0 Å². The van der Waals surface area contributed by atoms with Crippen LogP contribution in [0.2, 0.25) is 0 Å². The quantitative estimate of drug-likeness (QED) is 0.300. The topological polar surface area (TPSA) is 61.4 Å². The van der Waals surface area contributed by atoms with Crippen molar-refractivity contribution in [1.82, 2.24) is 10.2 Å². The van der Waals surface area contributed by atoms with E-state index >= 15 is 0 Å². The number of likely N-dealkylation sites (tertiary alicyclic amines) is 1. The zero-order chi connectivity index (χ0) is 24.9. The molecule has 5 rings (SSSR count). The fourth-order valence-electron chi connectivity index (χ4n) is 6.95. The molecule has 2 aliphatic heterocycles. The number of unbranched alkanes of at least 4 members (excludes halogenated alkanes) is 2. The fourth-order valence-corrected chi connectivity index (χ4v) is 7.35. The van der Waals surface area contributed by atoms with E-state index in [1.165, 1.54) is 11.3 Å². The highest BCUT2D eigenvalue weighted by Gasteiger charge is 2.49. The molecule has 2 fully saturated rings. The molecule has 194 valence electrons. The second-order valence-corrected chi connectivity index (χ2v) is 11.8. The van der Waals surface area contributed by atoms with Gasteiger partial charge in [0.15, 0.2) is 0 Å². The molecule has 0 bridgehead atoms. The Hall–Kier alpha value is -2.08. The Labute approximate surface area is 224 Å². The molecule has 1 saturated carbocycles. The summed E-state index contributed by atoms with van der Waals surface area (Å²) in [6.45, 7) is 0.802. The second kappa shape index (κ2) is 12.0. The van der Waals surface area contributed by atoms with Crippen LogP contribution in [0.3, 0.4) is 0 Å². The molecule has 1 aromatic rings. The fraction of sp³-hybridized carbons (Fsp3) is 0.600. The van der Waals surface area contributed by atoms with Gasteiger partial charge >= 0.3 is 0 Å². The van der Waals surface area contributed by atoms with Crippen molar-refractivity contribution in [2.75, 3.05) is 17.2 Å². The van der Waals surface area contributed by atoms with Crippen molar-refractivity contribution in [1.29, 1.82) is 0 Å². The molecule has 0 aromatic heterocycles. The predicted octanol–water partition coefficient (Wildman–Crippen LogP) is 6.13. The standard InChI is InChI=1S/C30H40BrN3O2/c31-19-10-2-5-17-27(35)32-26-16-9-7-14-23(26)30(36)34-20-18-24-28(21-11-3-1-4-12-21)33-25-15-8-6-13-22(25)29(24)34/h1,3-4,6,8,11,13,15,21,23-24,26,28-29,33H,2,5,7,9-10,12,14,16-20H2,(H,32,35)/t21?,23-,24+,26+,28-,29-/m0/s1. The van der Waals surface area contributed by atoms with E-state index in [0.29, 0.717) is 24.3 Å². The third-order valence-electron chi connectivity index (χ3n) is 8.73. The van der Waals surface area contributed by atoms with Crippen molar-refractivity contribution in [3.05, 3.63) is 54.1 Å². The molecule has 0 spiro atoms. The van der Waals surface area contributed by atoms with Crippen LogP contribution < -0.4 is 10.6 Å². The van der Waals surface area contributed by atoms with Gasteiger partial charge in [-0.25, -0.2) is 0 Å². The summed E-state index contributed by atoms with van der Waals surface area (Å²) in [4.78, 5) is 29.1. The highest BCUT2D eigenvalue weighted by atomic mass is 79.9. The molecule has 2 heterocycles. The first-order valence-corrected chi connectivity index (χ1v) is 15.1. The maximum atomic E-state index is 14.2. The maximum absolute atomic E-state index is 14.2. The molecule has 6 atom stereocenters. The van der Waals surface area contributed by atoms with Gasteiger partial charge in [0.2, 0.25) is 11.8 Å². The summed E-state index contributed by atoms with van der Waals surface area (Å²) < 4.78 is 0. The molecule has 1 saturated heterocycles. The molecule has 0 radical (unpaired) electrons. The first-order chi connectivity index (χ1) is 17.7. The second-order valence-electron chi connectivity index (χ2n) is 11.0. The van der Waals surface area contributed by atoms with Gasteiger partial charge in [-0.1, -0.05) is 77.7 Å². The molecule has 1 unspecified atom stereocenters. The average molecular weight is 555 g/mol. The van der Waals surface area contributed by atoms with Crippen LogP contribution >= 0.6 is 15.9 Å². The van der Waals surface area contributed by atoms with Crippen LogP contribution in [0.15, 0.2) is 48.6 Å². The molecule has 2 N–H and O–H groups in total. The number of carbonyl (C=O) groups excluding carboxylic acids is 2. The number of nitrogens with zero attached hydrogens (tertiary/aromatic N) is 1. The Kier molecular flexibility index (Phi) is 8.51. The summed E-state index contributed by atoms with van der Waals surface area (Å²) in [5.41, 5.74) is 2.42. The van der Waals surface area contributed by atoms with E-state index in [0.717, 1.165) is 69.7 Å². The number of anilines is 1. The largest absolute Gasteiger partial charge is 0.381 e. The predicted molar refractivity (Wildman–Crippen MR) is 149 cm³/mol. The van der Waals surface area contributed by atoms with Gasteiger partial charge in [-0.3, -0.25) is 9.59 Å². The summed E-state index contributed by atoms with van der Waals surface area (Å²) in [6.07, 6.45) is 18.5. The lowest BCUT2D eigenvalue weighted by Gasteiger charge is -2.44. The third-order valence-corrected chi connectivity index (χ3v) is 9.29. The molecule has 6 heteroatoms. The minimum atomic E-state index is -0.109. The lowest BCUT2D eigenvalue weighted by Crippen LogP contribution is -2.51. The first-order valence-electron chi connectivity index (χ1n) is 14.0. The van der Waals surface area contributed by atoms with Gasteiger partial charge in [-0.05, 0) is 50.2 Å². The van der Waals surface area contributed by atoms with Crippen molar-refractivity contribution in [2.24, 2.45) is 17.8 Å². The molecule has 4 aliphatic rings. The number of benzene rings is 1. The van der Waals surface area contributed by atoms with E-state index in [4.69, 9.17) is 0 Å². The van der Waals surface area contributed by atoms with E-state index in [2.05, 4.69) is 80.0 Å². The van der Waals surface area contributed by atoms with Crippen molar-refractivity contribution < 1.29 is 9.59 Å². The highest BCUT2D eigenvalue weighted by molar-refractivity contribution is 9.09. The van der Waals surface area contributed by atoms with E-state index < -0.39 is 0 Å². The molecule has 36 heavy (non-hydrogen) atoms. The number of hydrogen-bond acceptors (Lipinski definition) is 3. The zero-order valence-electron chi connectivity index (χ0n) is 21.2. The first kappa shape index (κ1) is 25.6. The minimum Gasteiger partial charge on any atom is -0.381 e. The van der Waals surface area contributed by atoms with Crippen molar-refractivity contribution in [3.8, 4) is 0 Å². The van der Waals surface area contributed by atoms with Crippen molar-refractivity contribution in [2.45, 2.75) is 82.3 Å². The summed E-state index contributed by atoms with van der Waals surface area (Å²) in [5, 5.41) is 8.12. The lowest BCUT2D eigenvalue weighted by molar-refractivity contribution is -0.139. The van der Waals surface area contributed by atoms with Gasteiger partial charge in [-0.2, -0.15) is 0 Å². The number of halogens is 1. The van der Waals surface area contributed by atoms with Crippen LogP contribution in [0.1, 0.15) is 75.8 Å². The van der Waals surface area contributed by atoms with E-state index in [1.54, 1.807) is 0 Å². The van der Waals surface area contributed by atoms with Crippen LogP contribution in [0.25, 0.3) is 0 Å². The van der Waals surface area contributed by atoms with E-state index in [-0.39, 0.29) is 29.8 Å². The Morgan fingerprint density at radius 3 is 2.75 bits per heavy atom. The Morgan fingerprint density at radius 1 is 1.06 bits per heavy atom. The number of allylic oxidation sites excluding steroid dienone is 3. The molecule has 5 nitrogen and oxygen atoms in total. The van der Waals surface area contributed by atoms with Crippen LogP contribution in [-0.2, 0) is 9.59 Å². The Morgan fingerprint density at radius 2 is 1.92 bits per heavy atom. The maximum Gasteiger partial charge on any atom is 0.228 e. The number of hydrogen-bond donors (Lipinski definition) is 2. The van der Waals surface area contributed by atoms with Crippen LogP contribution in [0.4, 0.5) is 5.69 Å². The van der Waals surface area contributed by atoms with Gasteiger partial charge < -0.3 is 15.5 Å². The number of fused-ring (bicyclic) bond motifs is 3. The van der Waals surface area contributed by atoms with E-state index in [9.17, 15) is 9.59 Å². The molecular weight excluding hydrogens is 514 g/mol. The Bertz CT molecular complexity index is 992. The lowest BCUT2D eigenvalue weighted by atomic mass is 9.75. The van der Waals surface area contributed by atoms with Crippen LogP contribution in [-0.4, -0.2) is 40.7 Å². The van der Waals surface area contributed by atoms with Crippen molar-refractivity contribution in [3.63, 3.8) is 0 Å². The highest BCUT2D eigenvalue weighted by Crippen LogP contribution is 2.49. The van der Waals surface area contributed by atoms with Gasteiger partial charge in [0.1, 0.15) is 0 Å². The van der Waals surface area contributed by atoms with Gasteiger partial charge in [-0.15, -0.1) is 0 Å². The number of amides is 2. The summed E-state index contributed by atoms with van der Waals surface area (Å²) in [6, 6.07) is 8.96. The molecule has 2 amide bonds. The molecular formula is C30H40BrN3O2. The van der Waals surface area contributed by atoms with E-state index in [1.807, 2.05) is 0 Å². The van der Waals surface area contributed by atoms with Crippen molar-refractivity contribution >= 4 is 33.4 Å². The van der Waals surface area contributed by atoms with Gasteiger partial charge in [0.05, 0.1) is 12.0 Å². The zero-order valence-corrected chi connectivity index (χ0v) is 22.8. The average Bonchev–Trinajstić information content (AvgIpc) is 3.37. The number of carbonyl (C=O) groups is 2. The number of alkyl halides is 1. The summed E-state index contributed by atoms with van der Waals surface area (Å²) >= 11 is 3.46. The SMILES string of the molecule is O=C(CCCCCBr)N[C@@H]1CCCC[C@@H]1C(=O)N1CC[C@@H]2[C@H](C3C=CC=CC3)Nc3ccccc3[C@@H]21. The normalized spacial score (nSPS) is 30.9. The van der Waals surface area contributed by atoms with Gasteiger partial charge in [0, 0.05) is 47.9 Å². The summed E-state index contributed by atoms with van der Waals surface area (Å²) in [7, 11) is 0. The van der Waals surface area contributed by atoms with Crippen LogP contribution in [0.5, 0.6) is 0 Å². The Balaban J connectivity index is 1.33. The number of nitrogens with one attached hydrogen (secondary N) is 2. The summed E-state index contributed by atoms with van der Waals surface area (Å²) in [5.74, 6) is 1.09. The number of para-hydroxylation sites is 1. The molecule has 1 aromatic carbocycles. The number of rotatable bonds is 8. The van der Waals surface area contributed by atoms with Crippen LogP contribution in [0, 0.1) is 17.8 Å². The smallest absolute Gasteiger partial charge is 0.228 e.